The summed E-state index contributed by atoms with van der Waals surface area (Å²) in [6.07, 6.45) is 1.15. The molecule has 1 heterocycles. The van der Waals surface area contributed by atoms with Gasteiger partial charge in [-0.15, -0.1) is 0 Å². The summed E-state index contributed by atoms with van der Waals surface area (Å²) < 4.78 is 0. The van der Waals surface area contributed by atoms with Crippen molar-refractivity contribution in [3.63, 3.8) is 0 Å². The lowest BCUT2D eigenvalue weighted by molar-refractivity contribution is 0.251. The molecule has 0 radical (unpaired) electrons. The van der Waals surface area contributed by atoms with Crippen LogP contribution in [0.2, 0.25) is 0 Å². The van der Waals surface area contributed by atoms with Crippen molar-refractivity contribution in [3.05, 3.63) is 0 Å². The van der Waals surface area contributed by atoms with Crippen molar-refractivity contribution in [2.45, 2.75) is 33.2 Å². The molecule has 3 atom stereocenters. The first-order valence-corrected chi connectivity index (χ1v) is 5.49. The van der Waals surface area contributed by atoms with E-state index in [1.54, 1.807) is 0 Å². The fourth-order valence-electron chi connectivity index (χ4n) is 2.78. The van der Waals surface area contributed by atoms with Crippen LogP contribution in [0.4, 0.5) is 0 Å². The number of nitrogens with two attached hydrogens (primary N) is 1. The van der Waals surface area contributed by atoms with Crippen molar-refractivity contribution >= 4 is 0 Å². The van der Waals surface area contributed by atoms with E-state index in [1.807, 2.05) is 0 Å². The predicted molar refractivity (Wildman–Crippen MR) is 55.5 cm³/mol. The topological polar surface area (TPSA) is 29.3 Å². The summed E-state index contributed by atoms with van der Waals surface area (Å²) >= 11 is 0. The van der Waals surface area contributed by atoms with E-state index in [1.165, 1.54) is 19.6 Å². The third kappa shape index (κ3) is 1.62. The van der Waals surface area contributed by atoms with Crippen LogP contribution in [0.1, 0.15) is 27.2 Å². The maximum absolute atomic E-state index is 5.74. The lowest BCUT2D eigenvalue weighted by Gasteiger charge is -2.22. The van der Waals surface area contributed by atoms with Gasteiger partial charge in [-0.2, -0.15) is 0 Å². The highest BCUT2D eigenvalue weighted by atomic mass is 15.2. The van der Waals surface area contributed by atoms with Gasteiger partial charge in [0.15, 0.2) is 0 Å². The number of hydrogen-bond acceptors (Lipinski definition) is 2. The molecule has 0 aromatic carbocycles. The minimum atomic E-state index is 0.366. The SMILES string of the molecule is CC(N)CCN1CC2C(C1)C2(C)C. The average Bonchev–Trinajstić information content (AvgIpc) is 2.51. The van der Waals surface area contributed by atoms with E-state index in [4.69, 9.17) is 5.73 Å². The Hall–Kier alpha value is -0.0800. The molecule has 2 aliphatic rings. The summed E-state index contributed by atoms with van der Waals surface area (Å²) in [5, 5.41) is 0. The van der Waals surface area contributed by atoms with Crippen LogP contribution in [0, 0.1) is 17.3 Å². The molecule has 0 aromatic heterocycles. The minimum Gasteiger partial charge on any atom is -0.328 e. The first-order chi connectivity index (χ1) is 6.01. The van der Waals surface area contributed by atoms with Gasteiger partial charge in [0.05, 0.1) is 0 Å². The fourth-order valence-corrected chi connectivity index (χ4v) is 2.78. The van der Waals surface area contributed by atoms with Gasteiger partial charge in [-0.05, 0) is 37.1 Å². The van der Waals surface area contributed by atoms with Crippen molar-refractivity contribution in [2.24, 2.45) is 23.0 Å². The Kier molecular flexibility index (Phi) is 2.16. The highest BCUT2D eigenvalue weighted by Gasteiger charge is 2.61. The Bertz CT molecular complexity index is 184. The van der Waals surface area contributed by atoms with Gasteiger partial charge in [-0.3, -0.25) is 0 Å². The first kappa shape index (κ1) is 9.47. The maximum atomic E-state index is 5.74. The number of hydrogen-bond donors (Lipinski definition) is 1. The molecule has 0 bridgehead atoms. The maximum Gasteiger partial charge on any atom is 0.00226 e. The number of nitrogens with zero attached hydrogens (tertiary/aromatic N) is 1. The van der Waals surface area contributed by atoms with Crippen molar-refractivity contribution in [1.82, 2.24) is 4.90 Å². The summed E-state index contributed by atoms with van der Waals surface area (Å²) in [6, 6.07) is 0.366. The van der Waals surface area contributed by atoms with Crippen molar-refractivity contribution in [1.29, 1.82) is 0 Å². The minimum absolute atomic E-state index is 0.366. The van der Waals surface area contributed by atoms with E-state index in [0.29, 0.717) is 11.5 Å². The molecule has 2 fully saturated rings. The zero-order valence-electron chi connectivity index (χ0n) is 9.09. The Morgan fingerprint density at radius 3 is 2.38 bits per heavy atom. The van der Waals surface area contributed by atoms with E-state index in [9.17, 15) is 0 Å². The standard InChI is InChI=1S/C11H22N2/c1-8(12)4-5-13-6-9-10(7-13)11(9,2)3/h8-10H,4-7,12H2,1-3H3. The molecule has 3 unspecified atom stereocenters. The lowest BCUT2D eigenvalue weighted by atomic mass is 10.1. The van der Waals surface area contributed by atoms with Gasteiger partial charge in [0, 0.05) is 19.1 Å². The highest BCUT2D eigenvalue weighted by Crippen LogP contribution is 2.61. The molecule has 76 valence electrons. The summed E-state index contributed by atoms with van der Waals surface area (Å²) in [4.78, 5) is 2.59. The second-order valence-electron chi connectivity index (χ2n) is 5.56. The molecule has 2 rings (SSSR count). The summed E-state index contributed by atoms with van der Waals surface area (Å²) in [7, 11) is 0. The van der Waals surface area contributed by atoms with Crippen LogP contribution in [0.15, 0.2) is 0 Å². The van der Waals surface area contributed by atoms with E-state index in [2.05, 4.69) is 25.7 Å². The molecule has 1 saturated carbocycles. The van der Waals surface area contributed by atoms with Gasteiger partial charge in [0.1, 0.15) is 0 Å². The predicted octanol–water partition coefficient (Wildman–Crippen LogP) is 1.31. The third-order valence-corrected chi connectivity index (χ3v) is 4.10. The average molecular weight is 182 g/mol. The molecule has 1 aliphatic carbocycles. The molecule has 0 aromatic rings. The Morgan fingerprint density at radius 2 is 1.92 bits per heavy atom. The second-order valence-corrected chi connectivity index (χ2v) is 5.56. The number of rotatable bonds is 3. The lowest BCUT2D eigenvalue weighted by Crippen LogP contribution is -2.30. The van der Waals surface area contributed by atoms with E-state index >= 15 is 0 Å². The van der Waals surface area contributed by atoms with Gasteiger partial charge in [0.2, 0.25) is 0 Å². The zero-order chi connectivity index (χ0) is 9.64. The van der Waals surface area contributed by atoms with E-state index in [0.717, 1.165) is 18.3 Å². The summed E-state index contributed by atoms with van der Waals surface area (Å²) in [6.45, 7) is 10.8. The van der Waals surface area contributed by atoms with Crippen LogP contribution in [0.3, 0.4) is 0 Å². The quantitative estimate of drug-likeness (QED) is 0.713. The molecule has 13 heavy (non-hydrogen) atoms. The molecule has 0 amide bonds. The van der Waals surface area contributed by atoms with Gasteiger partial charge >= 0.3 is 0 Å². The number of piperidine rings is 1. The number of fused-ring (bicyclic) bond motifs is 1. The third-order valence-electron chi connectivity index (χ3n) is 4.10. The highest BCUT2D eigenvalue weighted by molar-refractivity contribution is 5.11. The van der Waals surface area contributed by atoms with Crippen LogP contribution >= 0.6 is 0 Å². The molecular weight excluding hydrogens is 160 g/mol. The van der Waals surface area contributed by atoms with Crippen LogP contribution in [0.25, 0.3) is 0 Å². The normalized spacial score (nSPS) is 38.8. The smallest absolute Gasteiger partial charge is 0.00226 e. The monoisotopic (exact) mass is 182 g/mol. The Labute approximate surface area is 81.5 Å². The van der Waals surface area contributed by atoms with E-state index < -0.39 is 0 Å². The molecule has 2 nitrogen and oxygen atoms in total. The van der Waals surface area contributed by atoms with E-state index in [-0.39, 0.29) is 0 Å². The van der Waals surface area contributed by atoms with Gasteiger partial charge < -0.3 is 10.6 Å². The number of likely N-dealkylation sites (tertiary alicyclic amines) is 1. The largest absolute Gasteiger partial charge is 0.328 e. The van der Waals surface area contributed by atoms with Crippen molar-refractivity contribution in [2.75, 3.05) is 19.6 Å². The summed E-state index contributed by atoms with van der Waals surface area (Å²) in [5.41, 5.74) is 6.40. The Morgan fingerprint density at radius 1 is 1.38 bits per heavy atom. The molecule has 2 heteroatoms. The molecular formula is C11H22N2. The fraction of sp³-hybridized carbons (Fsp3) is 1.00. The molecule has 1 saturated heterocycles. The van der Waals surface area contributed by atoms with Crippen molar-refractivity contribution in [3.8, 4) is 0 Å². The molecule has 1 aliphatic heterocycles. The Balaban J connectivity index is 1.72. The molecule has 2 N–H and O–H groups in total. The second kappa shape index (κ2) is 2.96. The van der Waals surface area contributed by atoms with Crippen LogP contribution in [-0.2, 0) is 0 Å². The van der Waals surface area contributed by atoms with Gasteiger partial charge in [-0.1, -0.05) is 13.8 Å². The molecule has 0 spiro atoms. The van der Waals surface area contributed by atoms with Crippen LogP contribution in [0.5, 0.6) is 0 Å². The van der Waals surface area contributed by atoms with Crippen molar-refractivity contribution < 1.29 is 0 Å². The van der Waals surface area contributed by atoms with Gasteiger partial charge in [0.25, 0.3) is 0 Å². The first-order valence-electron chi connectivity index (χ1n) is 5.49. The summed E-state index contributed by atoms with van der Waals surface area (Å²) in [5.74, 6) is 1.97. The van der Waals surface area contributed by atoms with Crippen LogP contribution in [-0.4, -0.2) is 30.6 Å². The van der Waals surface area contributed by atoms with Gasteiger partial charge in [-0.25, -0.2) is 0 Å². The zero-order valence-corrected chi connectivity index (χ0v) is 9.09. The van der Waals surface area contributed by atoms with Crippen LogP contribution < -0.4 is 5.73 Å².